The van der Waals surface area contributed by atoms with Crippen LogP contribution in [0.3, 0.4) is 0 Å². The van der Waals surface area contributed by atoms with Crippen LogP contribution in [0, 0.1) is 0 Å². The molecule has 0 unspecified atom stereocenters. The normalized spacial score (nSPS) is 10.2. The van der Waals surface area contributed by atoms with Crippen LogP contribution in [0.15, 0.2) is 29.3 Å². The number of anilines is 1. The summed E-state index contributed by atoms with van der Waals surface area (Å²) >= 11 is 0. The minimum Gasteiger partial charge on any atom is -0.368 e. The van der Waals surface area contributed by atoms with E-state index in [4.69, 9.17) is 5.73 Å². The average molecular weight is 177 g/mol. The van der Waals surface area contributed by atoms with Gasteiger partial charge in [-0.2, -0.15) is 4.98 Å². The summed E-state index contributed by atoms with van der Waals surface area (Å²) in [5.74, 6) is 0.710. The summed E-state index contributed by atoms with van der Waals surface area (Å²) in [5, 5.41) is 2.53. The van der Waals surface area contributed by atoms with E-state index in [9.17, 15) is 4.79 Å². The van der Waals surface area contributed by atoms with Crippen molar-refractivity contribution in [3.8, 4) is 5.82 Å². The number of nitrogen functional groups attached to an aromatic ring is 1. The molecule has 2 heterocycles. The van der Waals surface area contributed by atoms with Crippen molar-refractivity contribution in [1.82, 2.24) is 19.7 Å². The van der Waals surface area contributed by atoms with Gasteiger partial charge in [0.2, 0.25) is 5.95 Å². The summed E-state index contributed by atoms with van der Waals surface area (Å²) in [5.41, 5.74) is 5.19. The van der Waals surface area contributed by atoms with E-state index in [1.165, 1.54) is 16.9 Å². The van der Waals surface area contributed by atoms with E-state index in [1.54, 1.807) is 12.3 Å². The molecule has 66 valence electrons. The Bertz CT molecular complexity index is 471. The summed E-state index contributed by atoms with van der Waals surface area (Å²) in [6, 6.07) is 3.05. The molecule has 0 saturated carbocycles. The van der Waals surface area contributed by atoms with Crippen molar-refractivity contribution < 1.29 is 0 Å². The number of nitrogens with two attached hydrogens (primary N) is 1. The zero-order valence-corrected chi connectivity index (χ0v) is 6.64. The van der Waals surface area contributed by atoms with E-state index in [-0.39, 0.29) is 11.5 Å². The van der Waals surface area contributed by atoms with Crippen LogP contribution >= 0.6 is 0 Å². The maximum atomic E-state index is 10.8. The highest BCUT2D eigenvalue weighted by atomic mass is 16.1. The van der Waals surface area contributed by atoms with Gasteiger partial charge in [-0.05, 0) is 0 Å². The van der Waals surface area contributed by atoms with Crippen LogP contribution in [0.2, 0.25) is 0 Å². The van der Waals surface area contributed by atoms with Gasteiger partial charge in [-0.15, -0.1) is 0 Å². The van der Waals surface area contributed by atoms with Gasteiger partial charge >= 0.3 is 0 Å². The number of rotatable bonds is 1. The third kappa shape index (κ3) is 1.41. The molecule has 0 aliphatic heterocycles. The Hall–Kier alpha value is -2.11. The van der Waals surface area contributed by atoms with Crippen molar-refractivity contribution in [3.05, 3.63) is 34.9 Å². The molecule has 6 nitrogen and oxygen atoms in total. The Labute approximate surface area is 73.0 Å². The molecule has 2 rings (SSSR count). The summed E-state index contributed by atoms with van der Waals surface area (Å²) in [6.07, 6.45) is 3.10. The first-order chi connectivity index (χ1) is 6.25. The van der Waals surface area contributed by atoms with Crippen LogP contribution in [-0.4, -0.2) is 19.7 Å². The molecule has 0 bridgehead atoms. The lowest BCUT2D eigenvalue weighted by Crippen LogP contribution is -2.06. The first-order valence-electron chi connectivity index (χ1n) is 3.62. The van der Waals surface area contributed by atoms with E-state index in [1.807, 2.05) is 0 Å². The summed E-state index contributed by atoms with van der Waals surface area (Å²) < 4.78 is 1.47. The molecule has 13 heavy (non-hydrogen) atoms. The Morgan fingerprint density at radius 2 is 2.31 bits per heavy atom. The van der Waals surface area contributed by atoms with Crippen molar-refractivity contribution in [3.63, 3.8) is 0 Å². The molecule has 0 fully saturated rings. The van der Waals surface area contributed by atoms with Crippen molar-refractivity contribution in [2.75, 3.05) is 5.73 Å². The second kappa shape index (κ2) is 2.74. The molecule has 3 N–H and O–H groups in total. The van der Waals surface area contributed by atoms with Crippen LogP contribution in [-0.2, 0) is 0 Å². The summed E-state index contributed by atoms with van der Waals surface area (Å²) in [4.78, 5) is 18.4. The lowest BCUT2D eigenvalue weighted by atomic mass is 10.6. The van der Waals surface area contributed by atoms with Gasteiger partial charge in [0.1, 0.15) is 0 Å². The maximum Gasteiger partial charge on any atom is 0.264 e. The molecule has 0 aliphatic rings. The van der Waals surface area contributed by atoms with Gasteiger partial charge in [-0.25, -0.2) is 9.67 Å². The van der Waals surface area contributed by atoms with Crippen LogP contribution in [0.25, 0.3) is 5.82 Å². The van der Waals surface area contributed by atoms with E-state index < -0.39 is 0 Å². The molecule has 0 atom stereocenters. The lowest BCUT2D eigenvalue weighted by Gasteiger charge is -1.99. The fourth-order valence-electron chi connectivity index (χ4n) is 0.967. The summed E-state index contributed by atoms with van der Waals surface area (Å²) in [7, 11) is 0. The number of H-pyrrole nitrogens is 1. The van der Waals surface area contributed by atoms with Gasteiger partial charge in [0.15, 0.2) is 5.82 Å². The predicted octanol–water partition coefficient (Wildman–Crippen LogP) is -0.462. The molecule has 0 saturated heterocycles. The molecular weight excluding hydrogens is 170 g/mol. The maximum absolute atomic E-state index is 10.8. The van der Waals surface area contributed by atoms with Gasteiger partial charge in [0.25, 0.3) is 5.56 Å². The van der Waals surface area contributed by atoms with Crippen molar-refractivity contribution in [2.24, 2.45) is 0 Å². The van der Waals surface area contributed by atoms with Crippen LogP contribution < -0.4 is 11.3 Å². The largest absolute Gasteiger partial charge is 0.368 e. The van der Waals surface area contributed by atoms with E-state index in [2.05, 4.69) is 15.1 Å². The third-order valence-corrected chi connectivity index (χ3v) is 1.51. The number of aromatic nitrogens is 4. The number of nitrogens with zero attached hydrogens (tertiary/aromatic N) is 3. The standard InChI is InChI=1S/C7H7N5O/c8-7-9-3-1-5(10-7)12-4-2-6(13)11-12/h1-4H,(H,11,13)(H2,8,9,10). The molecular formula is C7H7N5O. The molecule has 6 heteroatoms. The first kappa shape index (κ1) is 7.53. The second-order valence-electron chi connectivity index (χ2n) is 2.43. The zero-order chi connectivity index (χ0) is 9.26. The fraction of sp³-hybridized carbons (Fsp3) is 0. The predicted molar refractivity (Wildman–Crippen MR) is 46.4 cm³/mol. The van der Waals surface area contributed by atoms with Crippen molar-refractivity contribution in [2.45, 2.75) is 0 Å². The number of hydrogen-bond acceptors (Lipinski definition) is 4. The minimum absolute atomic E-state index is 0.173. The van der Waals surface area contributed by atoms with Gasteiger partial charge in [0.05, 0.1) is 0 Å². The zero-order valence-electron chi connectivity index (χ0n) is 6.64. The Morgan fingerprint density at radius 3 is 2.92 bits per heavy atom. The van der Waals surface area contributed by atoms with Gasteiger partial charge in [-0.1, -0.05) is 0 Å². The molecule has 0 amide bonds. The fourth-order valence-corrected chi connectivity index (χ4v) is 0.967. The average Bonchev–Trinajstić information content (AvgIpc) is 2.52. The van der Waals surface area contributed by atoms with Gasteiger partial charge in [0, 0.05) is 24.5 Å². The van der Waals surface area contributed by atoms with Crippen LogP contribution in [0.1, 0.15) is 0 Å². The molecule has 0 radical (unpaired) electrons. The van der Waals surface area contributed by atoms with Crippen molar-refractivity contribution >= 4 is 5.95 Å². The molecule has 0 aliphatic carbocycles. The SMILES string of the molecule is Nc1nccc(-n2ccc(=O)[nH]2)n1. The Morgan fingerprint density at radius 1 is 1.46 bits per heavy atom. The Balaban J connectivity index is 2.52. The third-order valence-electron chi connectivity index (χ3n) is 1.51. The van der Waals surface area contributed by atoms with Crippen molar-refractivity contribution in [1.29, 1.82) is 0 Å². The molecule has 2 aromatic rings. The van der Waals surface area contributed by atoms with Gasteiger partial charge in [-0.3, -0.25) is 9.89 Å². The number of nitrogens with one attached hydrogen (secondary N) is 1. The highest BCUT2D eigenvalue weighted by Crippen LogP contribution is 2.00. The monoisotopic (exact) mass is 177 g/mol. The molecule has 0 spiro atoms. The smallest absolute Gasteiger partial charge is 0.264 e. The van der Waals surface area contributed by atoms with E-state index in [0.29, 0.717) is 5.82 Å². The van der Waals surface area contributed by atoms with Gasteiger partial charge < -0.3 is 5.73 Å². The van der Waals surface area contributed by atoms with E-state index >= 15 is 0 Å². The highest BCUT2D eigenvalue weighted by Gasteiger charge is 1.98. The van der Waals surface area contributed by atoms with E-state index in [0.717, 1.165) is 0 Å². The number of aromatic amines is 1. The molecule has 0 aromatic carbocycles. The van der Waals surface area contributed by atoms with Crippen LogP contribution in [0.4, 0.5) is 5.95 Å². The highest BCUT2D eigenvalue weighted by molar-refractivity contribution is 5.26. The summed E-state index contributed by atoms with van der Waals surface area (Å²) in [6.45, 7) is 0. The minimum atomic E-state index is -0.183. The number of hydrogen-bond donors (Lipinski definition) is 2. The quantitative estimate of drug-likeness (QED) is 0.616. The lowest BCUT2D eigenvalue weighted by molar-refractivity contribution is 0.829. The van der Waals surface area contributed by atoms with Crippen LogP contribution in [0.5, 0.6) is 0 Å². The Kier molecular flexibility index (Phi) is 1.59. The topological polar surface area (TPSA) is 89.6 Å². The molecule has 2 aromatic heterocycles. The first-order valence-corrected chi connectivity index (χ1v) is 3.62. The second-order valence-corrected chi connectivity index (χ2v) is 2.43.